The highest BCUT2D eigenvalue weighted by Gasteiger charge is 2.05. The molecule has 0 saturated carbocycles. The van der Waals surface area contributed by atoms with Crippen molar-refractivity contribution < 1.29 is 9.13 Å². The molecule has 0 saturated heterocycles. The van der Waals surface area contributed by atoms with Crippen molar-refractivity contribution in [2.75, 3.05) is 25.1 Å². The van der Waals surface area contributed by atoms with E-state index >= 15 is 0 Å². The topological polar surface area (TPSA) is 47.3 Å². The molecule has 3 N–H and O–H groups in total. The first-order valence-corrected chi connectivity index (χ1v) is 6.32. The largest absolute Gasteiger partial charge is 0.389 e. The second kappa shape index (κ2) is 7.28. The van der Waals surface area contributed by atoms with E-state index in [0.717, 1.165) is 6.61 Å². The van der Waals surface area contributed by atoms with Crippen LogP contribution in [0.25, 0.3) is 0 Å². The minimum absolute atomic E-state index is 0.0688. The van der Waals surface area contributed by atoms with Crippen molar-refractivity contribution >= 4 is 22.9 Å². The van der Waals surface area contributed by atoms with Crippen LogP contribution in [-0.4, -0.2) is 24.7 Å². The molecule has 0 aliphatic rings. The fraction of sp³-hybridized carbons (Fsp3) is 0.462. The van der Waals surface area contributed by atoms with E-state index in [1.54, 1.807) is 12.1 Å². The third kappa shape index (κ3) is 4.98. The summed E-state index contributed by atoms with van der Waals surface area (Å²) in [5.41, 5.74) is 6.35. The van der Waals surface area contributed by atoms with Crippen LogP contribution in [-0.2, 0) is 4.74 Å². The van der Waals surface area contributed by atoms with Gasteiger partial charge in [0.15, 0.2) is 0 Å². The number of ether oxygens (including phenoxy) is 1. The first-order chi connectivity index (χ1) is 8.50. The molecule has 0 spiro atoms. The van der Waals surface area contributed by atoms with Crippen LogP contribution in [0.2, 0.25) is 0 Å². The van der Waals surface area contributed by atoms with E-state index in [-0.39, 0.29) is 10.6 Å². The molecule has 0 bridgehead atoms. The monoisotopic (exact) mass is 270 g/mol. The number of nitrogens with two attached hydrogens (primary N) is 1. The minimum Gasteiger partial charge on any atom is -0.389 e. The van der Waals surface area contributed by atoms with Crippen molar-refractivity contribution in [1.82, 2.24) is 0 Å². The van der Waals surface area contributed by atoms with Crippen molar-refractivity contribution in [3.8, 4) is 0 Å². The standard InChI is InChI=1S/C13H19FN2OS/c1-9(2)8-17-6-5-16-10-3-4-11(13(15)18)12(14)7-10/h3-4,7,9,16H,5-6,8H2,1-2H3,(H2,15,18). The predicted octanol–water partition coefficient (Wildman–Crippen LogP) is 2.54. The van der Waals surface area contributed by atoms with Gasteiger partial charge in [0, 0.05) is 24.4 Å². The van der Waals surface area contributed by atoms with Crippen LogP contribution in [0.4, 0.5) is 10.1 Å². The first kappa shape index (κ1) is 14.9. The Labute approximate surface area is 113 Å². The quantitative estimate of drug-likeness (QED) is 0.590. The molecule has 1 aromatic carbocycles. The molecule has 5 heteroatoms. The van der Waals surface area contributed by atoms with E-state index in [2.05, 4.69) is 19.2 Å². The fourth-order valence-corrected chi connectivity index (χ4v) is 1.58. The molecular formula is C13H19FN2OS. The molecule has 3 nitrogen and oxygen atoms in total. The lowest BCUT2D eigenvalue weighted by atomic mass is 10.2. The maximum absolute atomic E-state index is 13.5. The summed E-state index contributed by atoms with van der Waals surface area (Å²) in [6.07, 6.45) is 0. The third-order valence-electron chi connectivity index (χ3n) is 2.26. The lowest BCUT2D eigenvalue weighted by Crippen LogP contribution is -2.14. The summed E-state index contributed by atoms with van der Waals surface area (Å²) in [6, 6.07) is 4.71. The van der Waals surface area contributed by atoms with Gasteiger partial charge in [-0.1, -0.05) is 26.1 Å². The van der Waals surface area contributed by atoms with E-state index < -0.39 is 5.82 Å². The van der Waals surface area contributed by atoms with Crippen LogP contribution >= 0.6 is 12.2 Å². The summed E-state index contributed by atoms with van der Waals surface area (Å²) in [7, 11) is 0. The highest BCUT2D eigenvalue weighted by atomic mass is 32.1. The molecule has 0 radical (unpaired) electrons. The van der Waals surface area contributed by atoms with Crippen molar-refractivity contribution in [2.45, 2.75) is 13.8 Å². The van der Waals surface area contributed by atoms with Crippen LogP contribution < -0.4 is 11.1 Å². The van der Waals surface area contributed by atoms with Crippen LogP contribution in [0.15, 0.2) is 18.2 Å². The van der Waals surface area contributed by atoms with E-state index in [9.17, 15) is 4.39 Å². The molecule has 0 aromatic heterocycles. The Hall–Kier alpha value is -1.20. The minimum atomic E-state index is -0.407. The zero-order valence-corrected chi connectivity index (χ0v) is 11.5. The Morgan fingerprint density at radius 1 is 1.50 bits per heavy atom. The molecule has 0 fully saturated rings. The number of anilines is 1. The van der Waals surface area contributed by atoms with E-state index in [1.165, 1.54) is 6.07 Å². The summed E-state index contributed by atoms with van der Waals surface area (Å²) in [5.74, 6) is 0.114. The summed E-state index contributed by atoms with van der Waals surface area (Å²) >= 11 is 4.74. The van der Waals surface area contributed by atoms with Gasteiger partial charge in [0.1, 0.15) is 10.8 Å². The molecule has 0 atom stereocenters. The van der Waals surface area contributed by atoms with Crippen LogP contribution in [0.3, 0.4) is 0 Å². The van der Waals surface area contributed by atoms with Gasteiger partial charge in [-0.3, -0.25) is 0 Å². The number of nitrogens with one attached hydrogen (secondary N) is 1. The van der Waals surface area contributed by atoms with Gasteiger partial charge in [0.25, 0.3) is 0 Å². The Morgan fingerprint density at radius 2 is 2.22 bits per heavy atom. The molecule has 0 aliphatic heterocycles. The Balaban J connectivity index is 2.39. The molecule has 1 aromatic rings. The maximum Gasteiger partial charge on any atom is 0.135 e. The molecule has 0 amide bonds. The Kier molecular flexibility index (Phi) is 6.01. The number of rotatable bonds is 7. The first-order valence-electron chi connectivity index (χ1n) is 5.91. The second-order valence-corrected chi connectivity index (χ2v) is 4.89. The second-order valence-electron chi connectivity index (χ2n) is 4.45. The highest BCUT2D eigenvalue weighted by molar-refractivity contribution is 7.80. The van der Waals surface area contributed by atoms with Gasteiger partial charge in [-0.05, 0) is 24.1 Å². The Morgan fingerprint density at radius 3 is 2.78 bits per heavy atom. The Bertz CT molecular complexity index is 410. The van der Waals surface area contributed by atoms with Gasteiger partial charge in [-0.2, -0.15) is 0 Å². The molecule has 0 unspecified atom stereocenters. The molecule has 18 heavy (non-hydrogen) atoms. The zero-order valence-electron chi connectivity index (χ0n) is 10.7. The molecule has 0 aliphatic carbocycles. The number of hydrogen-bond donors (Lipinski definition) is 2. The third-order valence-corrected chi connectivity index (χ3v) is 2.48. The zero-order chi connectivity index (χ0) is 13.5. The van der Waals surface area contributed by atoms with Crippen molar-refractivity contribution in [1.29, 1.82) is 0 Å². The van der Waals surface area contributed by atoms with Crippen molar-refractivity contribution in [3.05, 3.63) is 29.6 Å². The lowest BCUT2D eigenvalue weighted by molar-refractivity contribution is 0.118. The van der Waals surface area contributed by atoms with Crippen molar-refractivity contribution in [3.63, 3.8) is 0 Å². The van der Waals surface area contributed by atoms with Gasteiger partial charge < -0.3 is 15.8 Å². The molecule has 1 rings (SSSR count). The fourth-order valence-electron chi connectivity index (χ4n) is 1.41. The van der Waals surface area contributed by atoms with Crippen LogP contribution in [0.5, 0.6) is 0 Å². The van der Waals surface area contributed by atoms with E-state index in [0.29, 0.717) is 24.8 Å². The average molecular weight is 270 g/mol. The van der Waals surface area contributed by atoms with Gasteiger partial charge in [0.2, 0.25) is 0 Å². The van der Waals surface area contributed by atoms with Crippen molar-refractivity contribution in [2.24, 2.45) is 11.7 Å². The van der Waals surface area contributed by atoms with E-state index in [4.69, 9.17) is 22.7 Å². The molecular weight excluding hydrogens is 251 g/mol. The van der Waals surface area contributed by atoms with E-state index in [1.807, 2.05) is 0 Å². The highest BCUT2D eigenvalue weighted by Crippen LogP contribution is 2.14. The SMILES string of the molecule is CC(C)COCCNc1ccc(C(N)=S)c(F)c1. The summed E-state index contributed by atoms with van der Waals surface area (Å²) < 4.78 is 19.0. The summed E-state index contributed by atoms with van der Waals surface area (Å²) in [4.78, 5) is 0.0688. The number of hydrogen-bond acceptors (Lipinski definition) is 3. The normalized spacial score (nSPS) is 10.7. The number of thiocarbonyl (C=S) groups is 1. The van der Waals surface area contributed by atoms with Gasteiger partial charge >= 0.3 is 0 Å². The molecule has 100 valence electrons. The maximum atomic E-state index is 13.5. The number of benzene rings is 1. The molecule has 0 heterocycles. The van der Waals surface area contributed by atoms with Gasteiger partial charge in [0.05, 0.1) is 6.61 Å². The van der Waals surface area contributed by atoms with Gasteiger partial charge in [-0.15, -0.1) is 0 Å². The predicted molar refractivity (Wildman–Crippen MR) is 76.4 cm³/mol. The van der Waals surface area contributed by atoms with Gasteiger partial charge in [-0.25, -0.2) is 4.39 Å². The van der Waals surface area contributed by atoms with Crippen LogP contribution in [0.1, 0.15) is 19.4 Å². The average Bonchev–Trinajstić information content (AvgIpc) is 2.27. The smallest absolute Gasteiger partial charge is 0.135 e. The lowest BCUT2D eigenvalue weighted by Gasteiger charge is -2.10. The number of halogens is 1. The summed E-state index contributed by atoms with van der Waals surface area (Å²) in [6.45, 7) is 6.15. The van der Waals surface area contributed by atoms with Crippen LogP contribution in [0, 0.1) is 11.7 Å². The summed E-state index contributed by atoms with van der Waals surface area (Å²) in [5, 5.41) is 3.08.